The number of nitrogens with zero attached hydrogens (tertiary/aromatic N) is 1. The van der Waals surface area contributed by atoms with Crippen LogP contribution in [0.3, 0.4) is 0 Å². The molecule has 0 fully saturated rings. The van der Waals surface area contributed by atoms with E-state index in [0.717, 1.165) is 19.4 Å². The smallest absolute Gasteiger partial charge is 0.237 e. The van der Waals surface area contributed by atoms with Crippen LogP contribution >= 0.6 is 12.4 Å². The minimum atomic E-state index is -0.404. The van der Waals surface area contributed by atoms with Crippen LogP contribution in [0, 0.1) is 5.92 Å². The quantitative estimate of drug-likeness (QED) is 0.844. The van der Waals surface area contributed by atoms with Gasteiger partial charge in [-0.3, -0.25) is 4.79 Å². The zero-order valence-electron chi connectivity index (χ0n) is 13.7. The summed E-state index contributed by atoms with van der Waals surface area (Å²) in [5.41, 5.74) is 8.64. The summed E-state index contributed by atoms with van der Waals surface area (Å²) >= 11 is 0. The van der Waals surface area contributed by atoms with Gasteiger partial charge in [-0.25, -0.2) is 0 Å². The van der Waals surface area contributed by atoms with Crippen LogP contribution in [0.15, 0.2) is 24.3 Å². The third-order valence-corrected chi connectivity index (χ3v) is 4.56. The Morgan fingerprint density at radius 3 is 2.82 bits per heavy atom. The Bertz CT molecular complexity index is 495. The highest BCUT2D eigenvalue weighted by Crippen LogP contribution is 2.31. The molecule has 3 atom stereocenters. The van der Waals surface area contributed by atoms with Crippen molar-refractivity contribution < 1.29 is 4.79 Å². The predicted molar refractivity (Wildman–Crippen MR) is 94.6 cm³/mol. The van der Waals surface area contributed by atoms with Gasteiger partial charge >= 0.3 is 0 Å². The first-order valence-electron chi connectivity index (χ1n) is 7.92. The Labute approximate surface area is 139 Å². The van der Waals surface area contributed by atoms with E-state index in [1.807, 2.05) is 6.92 Å². The molecule has 0 bridgehead atoms. The number of hydrogen-bond donors (Lipinski definition) is 2. The third kappa shape index (κ3) is 4.14. The third-order valence-electron chi connectivity index (χ3n) is 4.56. The molecule has 1 aromatic carbocycles. The molecule has 0 radical (unpaired) electrons. The van der Waals surface area contributed by atoms with Crippen LogP contribution in [0.25, 0.3) is 0 Å². The van der Waals surface area contributed by atoms with Crippen LogP contribution in [0.1, 0.15) is 32.8 Å². The number of halogens is 1. The summed E-state index contributed by atoms with van der Waals surface area (Å²) in [7, 11) is 0. The van der Waals surface area contributed by atoms with Gasteiger partial charge in [0.15, 0.2) is 0 Å². The molecule has 22 heavy (non-hydrogen) atoms. The highest BCUT2D eigenvalue weighted by Gasteiger charge is 2.25. The van der Waals surface area contributed by atoms with Crippen molar-refractivity contribution in [3.05, 3.63) is 29.8 Å². The van der Waals surface area contributed by atoms with Crippen molar-refractivity contribution in [2.75, 3.05) is 18.0 Å². The molecule has 1 amide bonds. The van der Waals surface area contributed by atoms with E-state index in [9.17, 15) is 4.79 Å². The maximum atomic E-state index is 12.0. The second-order valence-electron chi connectivity index (χ2n) is 6.08. The number of anilines is 1. The summed E-state index contributed by atoms with van der Waals surface area (Å²) < 4.78 is 0. The first-order valence-corrected chi connectivity index (χ1v) is 7.92. The van der Waals surface area contributed by atoms with Crippen molar-refractivity contribution in [2.24, 2.45) is 11.7 Å². The van der Waals surface area contributed by atoms with Gasteiger partial charge < -0.3 is 16.0 Å². The van der Waals surface area contributed by atoms with E-state index in [0.29, 0.717) is 12.6 Å². The molecule has 1 heterocycles. The van der Waals surface area contributed by atoms with E-state index in [-0.39, 0.29) is 24.2 Å². The Kier molecular flexibility index (Phi) is 7.17. The normalized spacial score (nSPS) is 19.1. The number of nitrogens with one attached hydrogen (secondary N) is 1. The molecule has 5 heteroatoms. The first kappa shape index (κ1) is 18.8. The number of amides is 1. The van der Waals surface area contributed by atoms with Crippen molar-refractivity contribution in [3.63, 3.8) is 0 Å². The number of nitrogens with two attached hydrogens (primary N) is 1. The lowest BCUT2D eigenvalue weighted by atomic mass is 9.99. The van der Waals surface area contributed by atoms with Crippen molar-refractivity contribution in [3.8, 4) is 0 Å². The molecule has 0 spiro atoms. The molecule has 4 nitrogen and oxygen atoms in total. The fraction of sp³-hybridized carbons (Fsp3) is 0.588. The summed E-state index contributed by atoms with van der Waals surface area (Å²) in [5.74, 6) is 0.181. The zero-order valence-corrected chi connectivity index (χ0v) is 14.5. The maximum Gasteiger partial charge on any atom is 0.237 e. The van der Waals surface area contributed by atoms with Crippen molar-refractivity contribution >= 4 is 24.0 Å². The van der Waals surface area contributed by atoms with Gasteiger partial charge in [-0.15, -0.1) is 12.4 Å². The molecule has 0 saturated carbocycles. The molecule has 1 aliphatic heterocycles. The van der Waals surface area contributed by atoms with E-state index < -0.39 is 6.04 Å². The average molecular weight is 326 g/mol. The van der Waals surface area contributed by atoms with E-state index in [1.165, 1.54) is 11.3 Å². The summed E-state index contributed by atoms with van der Waals surface area (Å²) in [5, 5.41) is 2.97. The van der Waals surface area contributed by atoms with Gasteiger partial charge in [0.05, 0.1) is 6.04 Å². The zero-order chi connectivity index (χ0) is 15.4. The van der Waals surface area contributed by atoms with Crippen LogP contribution < -0.4 is 16.0 Å². The fourth-order valence-electron chi connectivity index (χ4n) is 2.90. The lowest BCUT2D eigenvalue weighted by Crippen LogP contribution is -2.47. The maximum absolute atomic E-state index is 12.0. The highest BCUT2D eigenvalue weighted by molar-refractivity contribution is 5.85. The molecule has 2 rings (SSSR count). The molecule has 3 N–H and O–H groups in total. The standard InChI is InChI=1S/C17H27N3O.ClH/c1-4-12(2)16(18)17(21)19-9-10-20-13(3)11-14-7-5-6-8-15(14)20;/h5-8,12-13,16H,4,9-11,18H2,1-3H3,(H,19,21);1H. The van der Waals surface area contributed by atoms with Crippen LogP contribution in [-0.4, -0.2) is 31.1 Å². The van der Waals surface area contributed by atoms with Gasteiger partial charge in [0, 0.05) is 24.8 Å². The fourth-order valence-corrected chi connectivity index (χ4v) is 2.90. The van der Waals surface area contributed by atoms with E-state index in [2.05, 4.69) is 48.3 Å². The monoisotopic (exact) mass is 325 g/mol. The summed E-state index contributed by atoms with van der Waals surface area (Å²) in [6.07, 6.45) is 2.00. The molecular weight excluding hydrogens is 298 g/mol. The predicted octanol–water partition coefficient (Wildman–Crippen LogP) is 2.35. The van der Waals surface area contributed by atoms with Gasteiger partial charge in [-0.1, -0.05) is 38.5 Å². The lowest BCUT2D eigenvalue weighted by Gasteiger charge is -2.25. The van der Waals surface area contributed by atoms with Gasteiger partial charge in [-0.05, 0) is 30.9 Å². The average Bonchev–Trinajstić information content (AvgIpc) is 2.81. The molecule has 124 valence electrons. The summed E-state index contributed by atoms with van der Waals surface area (Å²) in [6.45, 7) is 7.77. The summed E-state index contributed by atoms with van der Waals surface area (Å²) in [6, 6.07) is 8.58. The molecule has 0 saturated heterocycles. The van der Waals surface area contributed by atoms with Gasteiger partial charge in [0.25, 0.3) is 0 Å². The van der Waals surface area contributed by atoms with Crippen LogP contribution in [0.4, 0.5) is 5.69 Å². The number of hydrogen-bond acceptors (Lipinski definition) is 3. The molecule has 1 aromatic rings. The Balaban J connectivity index is 0.00000242. The number of carbonyl (C=O) groups excluding carboxylic acids is 1. The number of benzene rings is 1. The number of carbonyl (C=O) groups is 1. The van der Waals surface area contributed by atoms with Crippen molar-refractivity contribution in [1.82, 2.24) is 5.32 Å². The Morgan fingerprint density at radius 2 is 2.14 bits per heavy atom. The highest BCUT2D eigenvalue weighted by atomic mass is 35.5. The van der Waals surface area contributed by atoms with Crippen molar-refractivity contribution in [1.29, 1.82) is 0 Å². The van der Waals surface area contributed by atoms with E-state index >= 15 is 0 Å². The van der Waals surface area contributed by atoms with E-state index in [4.69, 9.17) is 5.73 Å². The topological polar surface area (TPSA) is 58.4 Å². The van der Waals surface area contributed by atoms with Gasteiger partial charge in [0.2, 0.25) is 5.91 Å². The van der Waals surface area contributed by atoms with Crippen LogP contribution in [0.2, 0.25) is 0 Å². The van der Waals surface area contributed by atoms with Gasteiger partial charge in [0.1, 0.15) is 0 Å². The van der Waals surface area contributed by atoms with Gasteiger partial charge in [-0.2, -0.15) is 0 Å². The molecular formula is C17H28ClN3O. The molecule has 3 unspecified atom stereocenters. The van der Waals surface area contributed by atoms with Crippen molar-refractivity contribution in [2.45, 2.75) is 45.7 Å². The Hall–Kier alpha value is -1.26. The lowest BCUT2D eigenvalue weighted by molar-refractivity contribution is -0.123. The van der Waals surface area contributed by atoms with Crippen LogP contribution in [0.5, 0.6) is 0 Å². The number of fused-ring (bicyclic) bond motifs is 1. The largest absolute Gasteiger partial charge is 0.367 e. The second kappa shape index (κ2) is 8.39. The number of para-hydroxylation sites is 1. The SMILES string of the molecule is CCC(C)C(N)C(=O)NCCN1c2ccccc2CC1C.Cl. The van der Waals surface area contributed by atoms with Crippen LogP contribution in [-0.2, 0) is 11.2 Å². The number of rotatable bonds is 6. The summed E-state index contributed by atoms with van der Waals surface area (Å²) in [4.78, 5) is 14.4. The minimum Gasteiger partial charge on any atom is -0.367 e. The Morgan fingerprint density at radius 1 is 1.45 bits per heavy atom. The molecule has 1 aliphatic rings. The molecule has 0 aliphatic carbocycles. The van der Waals surface area contributed by atoms with E-state index in [1.54, 1.807) is 0 Å². The molecule has 0 aromatic heterocycles. The second-order valence-corrected chi connectivity index (χ2v) is 6.08. The first-order chi connectivity index (χ1) is 10.0. The minimum absolute atomic E-state index is 0.